The number of aromatic nitrogens is 1. The van der Waals surface area contributed by atoms with Crippen molar-refractivity contribution in [3.05, 3.63) is 85.5 Å². The van der Waals surface area contributed by atoms with Gasteiger partial charge in [-0.25, -0.2) is 9.78 Å². The minimum Gasteiger partial charge on any atom is -0.465 e. The Morgan fingerprint density at radius 3 is 2.46 bits per heavy atom. The van der Waals surface area contributed by atoms with Gasteiger partial charge in [0.25, 0.3) is 5.69 Å². The van der Waals surface area contributed by atoms with E-state index in [1.807, 2.05) is 43.3 Å². The lowest BCUT2D eigenvalue weighted by atomic mass is 9.97. The Morgan fingerprint density at radius 1 is 1.14 bits per heavy atom. The van der Waals surface area contributed by atoms with Crippen LogP contribution in [0.4, 0.5) is 11.5 Å². The molecule has 0 bridgehead atoms. The summed E-state index contributed by atoms with van der Waals surface area (Å²) in [6, 6.07) is 14.5. The van der Waals surface area contributed by atoms with Crippen LogP contribution >= 0.6 is 15.9 Å². The van der Waals surface area contributed by atoms with Crippen LogP contribution in [-0.2, 0) is 16.0 Å². The zero-order chi connectivity index (χ0) is 25.5. The predicted molar refractivity (Wildman–Crippen MR) is 138 cm³/mol. The minimum absolute atomic E-state index is 0.0939. The molecule has 1 N–H and O–H groups in total. The van der Waals surface area contributed by atoms with Crippen LogP contribution in [0.1, 0.15) is 53.4 Å². The number of nitro groups is 1. The summed E-state index contributed by atoms with van der Waals surface area (Å²) in [5.74, 6) is -0.343. The SMILES string of the molecule is CCCCC(=O)Nc1nc(Cc2ccc(-c3ccccc3C(=O)OC)cc2)c([N+](=O)[O-])c(C)c1Br. The molecule has 0 aliphatic heterocycles. The van der Waals surface area contributed by atoms with Gasteiger partial charge in [0, 0.05) is 18.4 Å². The smallest absolute Gasteiger partial charge is 0.338 e. The average Bonchev–Trinajstić information content (AvgIpc) is 2.85. The molecule has 9 heteroatoms. The summed E-state index contributed by atoms with van der Waals surface area (Å²) in [6.45, 7) is 3.62. The molecular formula is C26H26BrN3O5. The maximum Gasteiger partial charge on any atom is 0.338 e. The second-order valence-electron chi connectivity index (χ2n) is 8.01. The Kier molecular flexibility index (Phi) is 8.70. The van der Waals surface area contributed by atoms with Crippen molar-refractivity contribution in [1.29, 1.82) is 0 Å². The Labute approximate surface area is 212 Å². The maximum absolute atomic E-state index is 12.3. The van der Waals surface area contributed by atoms with Crippen LogP contribution in [0, 0.1) is 17.0 Å². The molecule has 3 aromatic rings. The number of pyridine rings is 1. The second-order valence-corrected chi connectivity index (χ2v) is 8.81. The monoisotopic (exact) mass is 539 g/mol. The van der Waals surface area contributed by atoms with Crippen molar-refractivity contribution in [3.63, 3.8) is 0 Å². The molecule has 0 atom stereocenters. The number of nitrogens with one attached hydrogen (secondary N) is 1. The number of hydrogen-bond acceptors (Lipinski definition) is 6. The molecule has 0 fully saturated rings. The molecule has 0 aliphatic rings. The van der Waals surface area contributed by atoms with Crippen LogP contribution in [-0.4, -0.2) is 28.9 Å². The van der Waals surface area contributed by atoms with Crippen molar-refractivity contribution in [2.75, 3.05) is 12.4 Å². The summed E-state index contributed by atoms with van der Waals surface area (Å²) in [4.78, 5) is 40.2. The molecule has 35 heavy (non-hydrogen) atoms. The number of anilines is 1. The Hall–Kier alpha value is -3.59. The number of hydrogen-bond donors (Lipinski definition) is 1. The molecular weight excluding hydrogens is 514 g/mol. The number of amides is 1. The van der Waals surface area contributed by atoms with E-state index in [4.69, 9.17) is 4.74 Å². The van der Waals surface area contributed by atoms with E-state index in [0.717, 1.165) is 29.5 Å². The highest BCUT2D eigenvalue weighted by Gasteiger charge is 2.25. The molecule has 8 nitrogen and oxygen atoms in total. The zero-order valence-electron chi connectivity index (χ0n) is 19.8. The van der Waals surface area contributed by atoms with Crippen LogP contribution < -0.4 is 5.32 Å². The number of esters is 1. The lowest BCUT2D eigenvalue weighted by Crippen LogP contribution is -2.15. The highest BCUT2D eigenvalue weighted by Crippen LogP contribution is 2.35. The fourth-order valence-electron chi connectivity index (χ4n) is 3.73. The second kappa shape index (κ2) is 11.7. The van der Waals surface area contributed by atoms with Gasteiger partial charge < -0.3 is 10.1 Å². The standard InChI is InChI=1S/C26H26BrN3O5/c1-4-5-10-22(31)29-25-23(27)16(2)24(30(33)34)21(28-25)15-17-11-13-18(14-12-17)19-8-6-7-9-20(19)26(32)35-3/h6-9,11-14H,4-5,10,15H2,1-3H3,(H,28,29,31). The van der Waals surface area contributed by atoms with Gasteiger partial charge in [-0.3, -0.25) is 14.9 Å². The van der Waals surface area contributed by atoms with Crippen molar-refractivity contribution in [2.24, 2.45) is 0 Å². The Balaban J connectivity index is 1.94. The van der Waals surface area contributed by atoms with Gasteiger partial charge in [0.15, 0.2) is 0 Å². The van der Waals surface area contributed by atoms with Crippen molar-refractivity contribution in [1.82, 2.24) is 4.98 Å². The summed E-state index contributed by atoms with van der Waals surface area (Å²) < 4.78 is 5.27. The summed E-state index contributed by atoms with van der Waals surface area (Å²) >= 11 is 3.36. The first-order chi connectivity index (χ1) is 16.8. The lowest BCUT2D eigenvalue weighted by Gasteiger charge is -2.13. The van der Waals surface area contributed by atoms with E-state index >= 15 is 0 Å². The van der Waals surface area contributed by atoms with Crippen molar-refractivity contribution in [2.45, 2.75) is 39.5 Å². The number of carbonyl (C=O) groups is 2. The van der Waals surface area contributed by atoms with Crippen LogP contribution in [0.3, 0.4) is 0 Å². The van der Waals surface area contributed by atoms with E-state index in [0.29, 0.717) is 22.0 Å². The molecule has 0 unspecified atom stereocenters. The summed E-state index contributed by atoms with van der Waals surface area (Å²) in [5, 5.41) is 14.6. The molecule has 182 valence electrons. The molecule has 1 heterocycles. The van der Waals surface area contributed by atoms with Gasteiger partial charge in [-0.05, 0) is 52.0 Å². The molecule has 3 rings (SSSR count). The van der Waals surface area contributed by atoms with Gasteiger partial charge in [0.2, 0.25) is 5.91 Å². The number of methoxy groups -OCH3 is 1. The van der Waals surface area contributed by atoms with Crippen molar-refractivity contribution in [3.8, 4) is 11.1 Å². The topological polar surface area (TPSA) is 111 Å². The average molecular weight is 540 g/mol. The quantitative estimate of drug-likeness (QED) is 0.196. The summed E-state index contributed by atoms with van der Waals surface area (Å²) in [5.41, 5.74) is 3.35. The van der Waals surface area contributed by atoms with Crippen LogP contribution in [0.2, 0.25) is 0 Å². The molecule has 2 aromatic carbocycles. The molecule has 0 radical (unpaired) electrons. The first-order valence-electron chi connectivity index (χ1n) is 11.2. The number of rotatable bonds is 9. The van der Waals surface area contributed by atoms with Gasteiger partial charge in [-0.2, -0.15) is 0 Å². The molecule has 1 aromatic heterocycles. The van der Waals surface area contributed by atoms with Gasteiger partial charge in [0.1, 0.15) is 11.5 Å². The van der Waals surface area contributed by atoms with Gasteiger partial charge in [0.05, 0.1) is 22.1 Å². The van der Waals surface area contributed by atoms with E-state index in [9.17, 15) is 19.7 Å². The first-order valence-corrected chi connectivity index (χ1v) is 12.0. The van der Waals surface area contributed by atoms with Gasteiger partial charge in [-0.15, -0.1) is 0 Å². The van der Waals surface area contributed by atoms with E-state index in [-0.39, 0.29) is 29.5 Å². The fourth-order valence-corrected chi connectivity index (χ4v) is 4.11. The largest absolute Gasteiger partial charge is 0.465 e. The highest BCUT2D eigenvalue weighted by atomic mass is 79.9. The predicted octanol–water partition coefficient (Wildman–Crippen LogP) is 6.23. The van der Waals surface area contributed by atoms with Crippen molar-refractivity contribution >= 4 is 39.3 Å². The number of carbonyl (C=O) groups excluding carboxylic acids is 2. The Bertz CT molecular complexity index is 1260. The van der Waals surface area contributed by atoms with Gasteiger partial charge >= 0.3 is 5.97 Å². The molecule has 0 saturated heterocycles. The molecule has 1 amide bonds. The van der Waals surface area contributed by atoms with Crippen LogP contribution in [0.25, 0.3) is 11.1 Å². The van der Waals surface area contributed by atoms with Crippen LogP contribution in [0.15, 0.2) is 53.0 Å². The van der Waals surface area contributed by atoms with E-state index in [1.165, 1.54) is 7.11 Å². The minimum atomic E-state index is -0.452. The van der Waals surface area contributed by atoms with E-state index in [2.05, 4.69) is 26.2 Å². The number of benzene rings is 2. The first kappa shape index (κ1) is 26.0. The fraction of sp³-hybridized carbons (Fsp3) is 0.269. The number of nitrogens with zero attached hydrogens (tertiary/aromatic N) is 2. The lowest BCUT2D eigenvalue weighted by molar-refractivity contribution is -0.386. The molecule has 0 aliphatic carbocycles. The third kappa shape index (κ3) is 6.10. The normalized spacial score (nSPS) is 10.6. The zero-order valence-corrected chi connectivity index (χ0v) is 21.3. The number of ether oxygens (including phenoxy) is 1. The number of halogens is 1. The Morgan fingerprint density at radius 2 is 1.83 bits per heavy atom. The highest BCUT2D eigenvalue weighted by molar-refractivity contribution is 9.10. The molecule has 0 saturated carbocycles. The molecule has 0 spiro atoms. The van der Waals surface area contributed by atoms with Crippen LogP contribution in [0.5, 0.6) is 0 Å². The van der Waals surface area contributed by atoms with E-state index in [1.54, 1.807) is 19.1 Å². The summed E-state index contributed by atoms with van der Waals surface area (Å²) in [6.07, 6.45) is 2.17. The van der Waals surface area contributed by atoms with E-state index < -0.39 is 10.9 Å². The number of unbranched alkanes of at least 4 members (excludes halogenated alkanes) is 1. The third-order valence-corrected chi connectivity index (χ3v) is 6.55. The summed E-state index contributed by atoms with van der Waals surface area (Å²) in [7, 11) is 1.34. The third-order valence-electron chi connectivity index (χ3n) is 5.58. The van der Waals surface area contributed by atoms with Gasteiger partial charge in [-0.1, -0.05) is 55.8 Å². The maximum atomic E-state index is 12.3. The van der Waals surface area contributed by atoms with Crippen molar-refractivity contribution < 1.29 is 19.2 Å².